The first-order valence-corrected chi connectivity index (χ1v) is 14.9. The van der Waals surface area contributed by atoms with Gasteiger partial charge in [-0.3, -0.25) is 9.59 Å². The van der Waals surface area contributed by atoms with Crippen molar-refractivity contribution in [3.05, 3.63) is 101 Å². The lowest BCUT2D eigenvalue weighted by Crippen LogP contribution is -2.54. The predicted octanol–water partition coefficient (Wildman–Crippen LogP) is 4.37. The van der Waals surface area contributed by atoms with E-state index < -0.39 is 28.7 Å². The minimum absolute atomic E-state index is 0.0236. The van der Waals surface area contributed by atoms with E-state index in [0.29, 0.717) is 22.8 Å². The molecule has 3 aromatic rings. The third kappa shape index (κ3) is 8.30. The van der Waals surface area contributed by atoms with Crippen molar-refractivity contribution in [1.82, 2.24) is 14.5 Å². The zero-order chi connectivity index (χ0) is 29.3. The number of carbonyl (C=O) groups excluding carboxylic acids is 2. The fourth-order valence-electron chi connectivity index (χ4n) is 4.10. The van der Waals surface area contributed by atoms with Crippen LogP contribution >= 0.6 is 11.6 Å². The quantitative estimate of drug-likeness (QED) is 0.323. The highest BCUT2D eigenvalue weighted by Crippen LogP contribution is 2.23. The van der Waals surface area contributed by atoms with Crippen LogP contribution in [0.3, 0.4) is 0 Å². The third-order valence-electron chi connectivity index (χ3n) is 6.32. The highest BCUT2D eigenvalue weighted by atomic mass is 35.5. The Morgan fingerprint density at radius 3 is 2.02 bits per heavy atom. The standard InChI is InChI=1S/C30H37ClN4O4S/c1-23(2)20-32-30(37)28(19-24-13-7-5-8-14-24)34(21-25-15-11-12-18-27(25)31)29(36)22-35(40(38,39)33(3)4)26-16-9-6-10-17-26/h5-18,23,28H,19-22H2,1-4H3,(H,32,37)/t28-/m1/s1. The Hall–Kier alpha value is -3.40. The van der Waals surface area contributed by atoms with Gasteiger partial charge in [-0.05, 0) is 35.2 Å². The summed E-state index contributed by atoms with van der Waals surface area (Å²) in [5.74, 6) is -0.651. The molecular weight excluding hydrogens is 548 g/mol. The van der Waals surface area contributed by atoms with Gasteiger partial charge in [0, 0.05) is 38.6 Å². The number of hydrogen-bond acceptors (Lipinski definition) is 4. The summed E-state index contributed by atoms with van der Waals surface area (Å²) in [4.78, 5) is 29.3. The highest BCUT2D eigenvalue weighted by Gasteiger charge is 2.34. The molecule has 0 radical (unpaired) electrons. The van der Waals surface area contributed by atoms with Crippen LogP contribution in [0.4, 0.5) is 5.69 Å². The minimum Gasteiger partial charge on any atom is -0.354 e. The molecule has 0 unspecified atom stereocenters. The number of nitrogens with one attached hydrogen (secondary N) is 1. The molecular formula is C30H37ClN4O4S. The maximum atomic E-state index is 14.2. The fraction of sp³-hybridized carbons (Fsp3) is 0.333. The van der Waals surface area contributed by atoms with Crippen molar-refractivity contribution >= 4 is 39.3 Å². The Labute approximate surface area is 242 Å². The summed E-state index contributed by atoms with van der Waals surface area (Å²) < 4.78 is 28.8. The molecule has 0 aromatic heterocycles. The van der Waals surface area contributed by atoms with Gasteiger partial charge in [0.05, 0.1) is 5.69 Å². The average Bonchev–Trinajstić information content (AvgIpc) is 2.93. The van der Waals surface area contributed by atoms with E-state index >= 15 is 0 Å². The predicted molar refractivity (Wildman–Crippen MR) is 160 cm³/mol. The smallest absolute Gasteiger partial charge is 0.304 e. The van der Waals surface area contributed by atoms with Crippen LogP contribution in [0, 0.1) is 5.92 Å². The van der Waals surface area contributed by atoms with Crippen LogP contribution in [0.25, 0.3) is 0 Å². The molecule has 3 rings (SSSR count). The zero-order valence-corrected chi connectivity index (χ0v) is 24.9. The van der Waals surface area contributed by atoms with E-state index in [1.165, 1.54) is 19.0 Å². The van der Waals surface area contributed by atoms with Gasteiger partial charge in [0.15, 0.2) is 0 Å². The van der Waals surface area contributed by atoms with Gasteiger partial charge in [0.25, 0.3) is 0 Å². The molecule has 0 aliphatic carbocycles. The lowest BCUT2D eigenvalue weighted by atomic mass is 10.0. The second kappa shape index (κ2) is 14.3. The van der Waals surface area contributed by atoms with Gasteiger partial charge in [-0.2, -0.15) is 12.7 Å². The van der Waals surface area contributed by atoms with Crippen LogP contribution in [0.15, 0.2) is 84.9 Å². The van der Waals surface area contributed by atoms with Gasteiger partial charge < -0.3 is 10.2 Å². The Kier molecular flexibility index (Phi) is 11.1. The molecule has 3 aromatic carbocycles. The second-order valence-electron chi connectivity index (χ2n) is 10.1. The van der Waals surface area contributed by atoms with E-state index in [1.807, 2.05) is 50.2 Å². The molecule has 0 bridgehead atoms. The Bertz CT molecular complexity index is 1370. The van der Waals surface area contributed by atoms with Crippen LogP contribution in [-0.2, 0) is 32.8 Å². The summed E-state index contributed by atoms with van der Waals surface area (Å²) in [5.41, 5.74) is 1.85. The van der Waals surface area contributed by atoms with E-state index in [1.54, 1.807) is 48.5 Å². The molecule has 0 fully saturated rings. The van der Waals surface area contributed by atoms with Gasteiger partial charge in [-0.25, -0.2) is 4.31 Å². The molecule has 0 saturated carbocycles. The fourth-order valence-corrected chi connectivity index (χ4v) is 5.35. The first-order chi connectivity index (χ1) is 19.0. The number of carbonyl (C=O) groups is 2. The van der Waals surface area contributed by atoms with Crippen molar-refractivity contribution < 1.29 is 18.0 Å². The molecule has 0 aliphatic rings. The minimum atomic E-state index is -4.04. The molecule has 1 atom stereocenters. The van der Waals surface area contributed by atoms with Crippen molar-refractivity contribution in [3.8, 4) is 0 Å². The normalized spacial score (nSPS) is 12.3. The van der Waals surface area contributed by atoms with Crippen molar-refractivity contribution in [2.45, 2.75) is 32.9 Å². The molecule has 0 saturated heterocycles. The van der Waals surface area contributed by atoms with Crippen LogP contribution in [0.1, 0.15) is 25.0 Å². The number of amides is 2. The number of halogens is 1. The lowest BCUT2D eigenvalue weighted by molar-refractivity contribution is -0.140. The number of nitrogens with zero attached hydrogens (tertiary/aromatic N) is 3. The van der Waals surface area contributed by atoms with E-state index in [-0.39, 0.29) is 24.8 Å². The number of para-hydroxylation sites is 1. The SMILES string of the molecule is CC(C)CNC(=O)[C@@H](Cc1ccccc1)N(Cc1ccccc1Cl)C(=O)CN(c1ccccc1)S(=O)(=O)N(C)C. The van der Waals surface area contributed by atoms with E-state index in [0.717, 1.165) is 14.2 Å². The summed E-state index contributed by atoms with van der Waals surface area (Å²) in [6, 6.07) is 24.1. The number of anilines is 1. The molecule has 214 valence electrons. The van der Waals surface area contributed by atoms with Gasteiger partial charge in [0.1, 0.15) is 12.6 Å². The first-order valence-electron chi connectivity index (χ1n) is 13.1. The Morgan fingerprint density at radius 2 is 1.45 bits per heavy atom. The van der Waals surface area contributed by atoms with Crippen LogP contribution in [0.5, 0.6) is 0 Å². The van der Waals surface area contributed by atoms with Gasteiger partial charge in [0.2, 0.25) is 11.8 Å². The summed E-state index contributed by atoms with van der Waals surface area (Å²) in [6.45, 7) is 3.93. The van der Waals surface area contributed by atoms with E-state index in [4.69, 9.17) is 11.6 Å². The monoisotopic (exact) mass is 584 g/mol. The molecule has 2 amide bonds. The Balaban J connectivity index is 2.08. The molecule has 10 heteroatoms. The lowest BCUT2D eigenvalue weighted by Gasteiger charge is -2.34. The van der Waals surface area contributed by atoms with Crippen molar-refractivity contribution in [3.63, 3.8) is 0 Å². The first kappa shape index (κ1) is 31.1. The summed E-state index contributed by atoms with van der Waals surface area (Å²) in [6.07, 6.45) is 0.243. The van der Waals surface area contributed by atoms with Crippen molar-refractivity contribution in [2.24, 2.45) is 5.92 Å². The summed E-state index contributed by atoms with van der Waals surface area (Å²) >= 11 is 6.48. The number of hydrogen-bond donors (Lipinski definition) is 1. The van der Waals surface area contributed by atoms with Gasteiger partial charge in [-0.15, -0.1) is 0 Å². The molecule has 1 N–H and O–H groups in total. The third-order valence-corrected chi connectivity index (χ3v) is 8.51. The summed E-state index contributed by atoms with van der Waals surface area (Å²) in [7, 11) is -1.21. The maximum absolute atomic E-state index is 14.2. The molecule has 8 nitrogen and oxygen atoms in total. The van der Waals surface area contributed by atoms with E-state index in [2.05, 4.69) is 5.32 Å². The van der Waals surface area contributed by atoms with Crippen LogP contribution in [-0.4, -0.2) is 62.7 Å². The van der Waals surface area contributed by atoms with Crippen LogP contribution in [0.2, 0.25) is 5.02 Å². The molecule has 0 spiro atoms. The second-order valence-corrected chi connectivity index (χ2v) is 12.6. The molecule has 40 heavy (non-hydrogen) atoms. The van der Waals surface area contributed by atoms with E-state index in [9.17, 15) is 18.0 Å². The largest absolute Gasteiger partial charge is 0.354 e. The van der Waals surface area contributed by atoms with Crippen molar-refractivity contribution in [2.75, 3.05) is 31.5 Å². The molecule has 0 heterocycles. The van der Waals surface area contributed by atoms with Gasteiger partial charge >= 0.3 is 10.2 Å². The highest BCUT2D eigenvalue weighted by molar-refractivity contribution is 7.90. The van der Waals surface area contributed by atoms with Gasteiger partial charge in [-0.1, -0.05) is 92.2 Å². The number of rotatable bonds is 13. The maximum Gasteiger partial charge on any atom is 0.304 e. The van der Waals surface area contributed by atoms with Crippen molar-refractivity contribution in [1.29, 1.82) is 0 Å². The average molecular weight is 585 g/mol. The Morgan fingerprint density at radius 1 is 0.875 bits per heavy atom. The number of benzene rings is 3. The topological polar surface area (TPSA) is 90.0 Å². The zero-order valence-electron chi connectivity index (χ0n) is 23.3. The van der Waals surface area contributed by atoms with Crippen LogP contribution < -0.4 is 9.62 Å². The molecule has 0 aliphatic heterocycles. The summed E-state index contributed by atoms with van der Waals surface area (Å²) in [5, 5.41) is 3.41.